The van der Waals surface area contributed by atoms with Crippen LogP contribution in [0.4, 0.5) is 0 Å². The molecule has 1 aromatic carbocycles. The molecule has 0 saturated carbocycles. The van der Waals surface area contributed by atoms with Gasteiger partial charge in [0.05, 0.1) is 5.71 Å². The third kappa shape index (κ3) is 3.91. The van der Waals surface area contributed by atoms with Gasteiger partial charge >= 0.3 is 0 Å². The number of benzene rings is 1. The smallest absolute Gasteiger partial charge is 0.174 e. The molecule has 0 spiro atoms. The summed E-state index contributed by atoms with van der Waals surface area (Å²) in [6.45, 7) is 6.33. The molecule has 2 heterocycles. The number of ether oxygens (including phenoxy) is 2. The number of oxime groups is 1. The van der Waals surface area contributed by atoms with E-state index in [1.807, 2.05) is 31.2 Å². The van der Waals surface area contributed by atoms with Gasteiger partial charge in [-0.3, -0.25) is 4.90 Å². The maximum absolute atomic E-state index is 5.89. The normalized spacial score (nSPS) is 22.4. The number of para-hydroxylation sites is 2. The lowest BCUT2D eigenvalue weighted by atomic mass is 10.1. The molecule has 0 unspecified atom stereocenters. The number of rotatable bonds is 5. The lowest BCUT2D eigenvalue weighted by Gasteiger charge is -2.26. The van der Waals surface area contributed by atoms with E-state index in [2.05, 4.69) is 10.1 Å². The third-order valence-electron chi connectivity index (χ3n) is 4.13. The molecule has 0 aliphatic carbocycles. The van der Waals surface area contributed by atoms with E-state index in [9.17, 15) is 0 Å². The standard InChI is InChI=1S/C17H24N2O3/c1-14(18-21-12-11-19-9-5-2-6-10-19)17-13-20-15-7-3-4-8-16(15)22-17/h3-4,7-8,17H,2,5-6,9-13H2,1H3/b18-14+/t17-/m0/s1. The van der Waals surface area contributed by atoms with Crippen LogP contribution in [0.15, 0.2) is 29.4 Å². The molecule has 2 aliphatic rings. The zero-order valence-corrected chi connectivity index (χ0v) is 13.2. The highest BCUT2D eigenvalue weighted by Crippen LogP contribution is 2.31. The fraction of sp³-hybridized carbons (Fsp3) is 0.588. The van der Waals surface area contributed by atoms with Gasteiger partial charge in [-0.2, -0.15) is 0 Å². The van der Waals surface area contributed by atoms with Crippen LogP contribution >= 0.6 is 0 Å². The highest BCUT2D eigenvalue weighted by Gasteiger charge is 2.23. The molecule has 22 heavy (non-hydrogen) atoms. The van der Waals surface area contributed by atoms with E-state index >= 15 is 0 Å². The van der Waals surface area contributed by atoms with Gasteiger partial charge in [-0.15, -0.1) is 0 Å². The van der Waals surface area contributed by atoms with E-state index in [4.69, 9.17) is 14.3 Å². The zero-order valence-electron chi connectivity index (χ0n) is 13.2. The van der Waals surface area contributed by atoms with E-state index in [-0.39, 0.29) is 6.10 Å². The van der Waals surface area contributed by atoms with Crippen molar-refractivity contribution in [1.82, 2.24) is 4.90 Å². The van der Waals surface area contributed by atoms with E-state index in [1.165, 1.54) is 32.4 Å². The van der Waals surface area contributed by atoms with Crippen molar-refractivity contribution in [1.29, 1.82) is 0 Å². The first kappa shape index (κ1) is 15.2. The van der Waals surface area contributed by atoms with Crippen LogP contribution in [0.2, 0.25) is 0 Å². The second-order valence-corrected chi connectivity index (χ2v) is 5.83. The monoisotopic (exact) mass is 304 g/mol. The summed E-state index contributed by atoms with van der Waals surface area (Å²) < 4.78 is 11.6. The Hall–Kier alpha value is -1.75. The summed E-state index contributed by atoms with van der Waals surface area (Å²) in [6, 6.07) is 7.69. The summed E-state index contributed by atoms with van der Waals surface area (Å²) in [7, 11) is 0. The molecule has 0 aromatic heterocycles. The first-order chi connectivity index (χ1) is 10.8. The molecule has 5 heteroatoms. The Bertz CT molecular complexity index is 512. The Morgan fingerprint density at radius 2 is 2.00 bits per heavy atom. The highest BCUT2D eigenvalue weighted by molar-refractivity contribution is 5.86. The fourth-order valence-electron chi connectivity index (χ4n) is 2.78. The topological polar surface area (TPSA) is 43.3 Å². The highest BCUT2D eigenvalue weighted by atomic mass is 16.6. The van der Waals surface area contributed by atoms with Gasteiger partial charge in [0.15, 0.2) is 17.6 Å². The second kappa shape index (κ2) is 7.49. The maximum atomic E-state index is 5.89. The predicted molar refractivity (Wildman–Crippen MR) is 85.7 cm³/mol. The average Bonchev–Trinajstić information content (AvgIpc) is 2.59. The van der Waals surface area contributed by atoms with Crippen LogP contribution < -0.4 is 9.47 Å². The van der Waals surface area contributed by atoms with Crippen LogP contribution in [0.1, 0.15) is 26.2 Å². The third-order valence-corrected chi connectivity index (χ3v) is 4.13. The predicted octanol–water partition coefficient (Wildman–Crippen LogP) is 2.70. The molecule has 2 aliphatic heterocycles. The van der Waals surface area contributed by atoms with E-state index in [0.717, 1.165) is 23.8 Å². The zero-order chi connectivity index (χ0) is 15.2. The number of hydrogen-bond acceptors (Lipinski definition) is 5. The van der Waals surface area contributed by atoms with Gasteiger partial charge in [0.25, 0.3) is 0 Å². The van der Waals surface area contributed by atoms with Crippen LogP contribution in [0.5, 0.6) is 11.5 Å². The Balaban J connectivity index is 1.44. The van der Waals surface area contributed by atoms with Gasteiger partial charge in [-0.25, -0.2) is 0 Å². The molecule has 120 valence electrons. The minimum atomic E-state index is -0.176. The molecule has 5 nitrogen and oxygen atoms in total. The Labute approximate surface area is 131 Å². The Kier molecular flexibility index (Phi) is 5.16. The SMILES string of the molecule is C/C(=N\OCCN1CCCCC1)[C@@H]1COc2ccccc2O1. The molecule has 0 N–H and O–H groups in total. The number of nitrogens with zero attached hydrogens (tertiary/aromatic N) is 2. The lowest BCUT2D eigenvalue weighted by Crippen LogP contribution is -2.35. The summed E-state index contributed by atoms with van der Waals surface area (Å²) in [5, 5.41) is 4.19. The second-order valence-electron chi connectivity index (χ2n) is 5.83. The first-order valence-corrected chi connectivity index (χ1v) is 8.10. The van der Waals surface area contributed by atoms with Gasteiger partial charge in [0.1, 0.15) is 13.2 Å². The van der Waals surface area contributed by atoms with Crippen molar-refractivity contribution in [3.05, 3.63) is 24.3 Å². The summed E-state index contributed by atoms with van der Waals surface area (Å²) in [5.74, 6) is 1.55. The van der Waals surface area contributed by atoms with Gasteiger partial charge in [0, 0.05) is 6.54 Å². The number of piperidine rings is 1. The first-order valence-electron chi connectivity index (χ1n) is 8.10. The quantitative estimate of drug-likeness (QED) is 0.476. The van der Waals surface area contributed by atoms with Crippen molar-refractivity contribution < 1.29 is 14.3 Å². The number of likely N-dealkylation sites (tertiary alicyclic amines) is 1. The van der Waals surface area contributed by atoms with Gasteiger partial charge in [-0.1, -0.05) is 23.7 Å². The molecule has 1 saturated heterocycles. The lowest BCUT2D eigenvalue weighted by molar-refractivity contribution is 0.0935. The van der Waals surface area contributed by atoms with Crippen molar-refractivity contribution in [2.45, 2.75) is 32.3 Å². The van der Waals surface area contributed by atoms with Gasteiger partial charge in [-0.05, 0) is 45.0 Å². The van der Waals surface area contributed by atoms with Crippen molar-refractivity contribution in [3.63, 3.8) is 0 Å². The molecular weight excluding hydrogens is 280 g/mol. The van der Waals surface area contributed by atoms with Crippen molar-refractivity contribution in [2.24, 2.45) is 5.16 Å². The van der Waals surface area contributed by atoms with Crippen LogP contribution in [0.3, 0.4) is 0 Å². The summed E-state index contributed by atoms with van der Waals surface area (Å²) in [4.78, 5) is 7.89. The van der Waals surface area contributed by atoms with Crippen molar-refractivity contribution >= 4 is 5.71 Å². The molecule has 0 amide bonds. The van der Waals surface area contributed by atoms with E-state index < -0.39 is 0 Å². The molecular formula is C17H24N2O3. The summed E-state index contributed by atoms with van der Waals surface area (Å²) >= 11 is 0. The summed E-state index contributed by atoms with van der Waals surface area (Å²) in [6.07, 6.45) is 3.78. The molecule has 0 bridgehead atoms. The average molecular weight is 304 g/mol. The van der Waals surface area contributed by atoms with E-state index in [1.54, 1.807) is 0 Å². The Morgan fingerprint density at radius 1 is 1.23 bits per heavy atom. The van der Waals surface area contributed by atoms with Crippen LogP contribution in [-0.2, 0) is 4.84 Å². The minimum Gasteiger partial charge on any atom is -0.485 e. The fourth-order valence-corrected chi connectivity index (χ4v) is 2.78. The van der Waals surface area contributed by atoms with Crippen LogP contribution in [0.25, 0.3) is 0 Å². The van der Waals surface area contributed by atoms with Crippen LogP contribution in [-0.4, -0.2) is 49.6 Å². The maximum Gasteiger partial charge on any atom is 0.174 e. The number of fused-ring (bicyclic) bond motifs is 1. The van der Waals surface area contributed by atoms with E-state index in [0.29, 0.717) is 13.2 Å². The minimum absolute atomic E-state index is 0.176. The van der Waals surface area contributed by atoms with Gasteiger partial charge < -0.3 is 14.3 Å². The number of hydrogen-bond donors (Lipinski definition) is 0. The molecule has 1 atom stereocenters. The summed E-state index contributed by atoms with van der Waals surface area (Å²) in [5.41, 5.74) is 0.813. The molecule has 1 fully saturated rings. The molecule has 0 radical (unpaired) electrons. The molecule has 3 rings (SSSR count). The van der Waals surface area contributed by atoms with Crippen LogP contribution in [0, 0.1) is 0 Å². The van der Waals surface area contributed by atoms with Crippen molar-refractivity contribution in [3.8, 4) is 11.5 Å². The molecule has 1 aromatic rings. The van der Waals surface area contributed by atoms with Gasteiger partial charge in [0.2, 0.25) is 0 Å². The largest absolute Gasteiger partial charge is 0.485 e. The Morgan fingerprint density at radius 3 is 2.82 bits per heavy atom. The van der Waals surface area contributed by atoms with Crippen molar-refractivity contribution in [2.75, 3.05) is 32.8 Å².